The number of nitrogens with zero attached hydrogens (tertiary/aromatic N) is 3. The molecule has 0 bridgehead atoms. The molecule has 0 saturated carbocycles. The average molecular weight is 279 g/mol. The van der Waals surface area contributed by atoms with E-state index in [1.54, 1.807) is 10.9 Å². The Kier molecular flexibility index (Phi) is 4.81. The van der Waals surface area contributed by atoms with E-state index < -0.39 is 0 Å². The van der Waals surface area contributed by atoms with Gasteiger partial charge in [0.1, 0.15) is 5.56 Å². The number of carbonyl (C=O) groups is 1. The van der Waals surface area contributed by atoms with Gasteiger partial charge in [-0.3, -0.25) is 9.58 Å². The summed E-state index contributed by atoms with van der Waals surface area (Å²) in [5, 5.41) is 4.22. The Morgan fingerprint density at radius 2 is 2.05 bits per heavy atom. The third-order valence-electron chi connectivity index (χ3n) is 4.27. The first-order chi connectivity index (χ1) is 9.54. The van der Waals surface area contributed by atoms with Gasteiger partial charge in [-0.15, -0.1) is 0 Å². The molecule has 2 heterocycles. The van der Waals surface area contributed by atoms with Gasteiger partial charge < -0.3 is 4.74 Å². The third-order valence-corrected chi connectivity index (χ3v) is 4.27. The molecule has 112 valence electrons. The molecule has 20 heavy (non-hydrogen) atoms. The van der Waals surface area contributed by atoms with Crippen LogP contribution in [0.4, 0.5) is 0 Å². The molecule has 1 aromatic heterocycles. The fourth-order valence-electron chi connectivity index (χ4n) is 2.99. The summed E-state index contributed by atoms with van der Waals surface area (Å²) in [7, 11) is 1.89. The lowest BCUT2D eigenvalue weighted by Crippen LogP contribution is -2.43. The van der Waals surface area contributed by atoms with Crippen LogP contribution in [0, 0.1) is 0 Å². The lowest BCUT2D eigenvalue weighted by Gasteiger charge is -2.39. The second kappa shape index (κ2) is 6.39. The fourth-order valence-corrected chi connectivity index (χ4v) is 2.99. The number of likely N-dealkylation sites (tertiary alicyclic amines) is 1. The maximum absolute atomic E-state index is 12.0. The summed E-state index contributed by atoms with van der Waals surface area (Å²) in [5.41, 5.74) is 1.54. The van der Waals surface area contributed by atoms with E-state index in [-0.39, 0.29) is 5.97 Å². The van der Waals surface area contributed by atoms with Crippen molar-refractivity contribution in [2.45, 2.75) is 58.7 Å². The highest BCUT2D eigenvalue weighted by Gasteiger charge is 2.27. The molecule has 2 rings (SSSR count). The molecule has 0 aromatic carbocycles. The molecule has 1 aliphatic heterocycles. The Labute approximate surface area is 120 Å². The average Bonchev–Trinajstić information content (AvgIpc) is 2.76. The van der Waals surface area contributed by atoms with Crippen LogP contribution in [0.15, 0.2) is 6.20 Å². The molecule has 5 heteroatoms. The highest BCUT2D eigenvalue weighted by molar-refractivity contribution is 5.90. The van der Waals surface area contributed by atoms with Crippen LogP contribution < -0.4 is 0 Å². The van der Waals surface area contributed by atoms with Gasteiger partial charge in [-0.2, -0.15) is 5.10 Å². The highest BCUT2D eigenvalue weighted by atomic mass is 16.5. The van der Waals surface area contributed by atoms with Gasteiger partial charge in [-0.05, 0) is 33.6 Å². The van der Waals surface area contributed by atoms with Gasteiger partial charge >= 0.3 is 5.97 Å². The molecular weight excluding hydrogens is 254 g/mol. The predicted molar refractivity (Wildman–Crippen MR) is 77.5 cm³/mol. The molecule has 5 nitrogen and oxygen atoms in total. The monoisotopic (exact) mass is 279 g/mol. The zero-order chi connectivity index (χ0) is 14.7. The zero-order valence-electron chi connectivity index (χ0n) is 12.9. The van der Waals surface area contributed by atoms with Crippen LogP contribution >= 0.6 is 0 Å². The lowest BCUT2D eigenvalue weighted by atomic mass is 9.97. The first-order valence-corrected chi connectivity index (χ1v) is 7.48. The molecule has 2 atom stereocenters. The van der Waals surface area contributed by atoms with Gasteiger partial charge in [0.05, 0.1) is 18.5 Å². The summed E-state index contributed by atoms with van der Waals surface area (Å²) < 4.78 is 6.91. The maximum Gasteiger partial charge on any atom is 0.341 e. The summed E-state index contributed by atoms with van der Waals surface area (Å²) in [5.74, 6) is -0.270. The van der Waals surface area contributed by atoms with E-state index in [0.717, 1.165) is 12.2 Å². The molecule has 0 spiro atoms. The SMILES string of the molecule is CCOC(=O)c1cnn(C)c1CN1[C@H](C)CCC[C@@H]1C. The van der Waals surface area contributed by atoms with Gasteiger partial charge in [-0.25, -0.2) is 4.79 Å². The van der Waals surface area contributed by atoms with Crippen molar-refractivity contribution < 1.29 is 9.53 Å². The molecular formula is C15H25N3O2. The van der Waals surface area contributed by atoms with Crippen molar-refractivity contribution in [2.24, 2.45) is 7.05 Å². The number of rotatable bonds is 4. The summed E-state index contributed by atoms with van der Waals surface area (Å²) in [6.45, 7) is 7.49. The van der Waals surface area contributed by atoms with E-state index in [1.807, 2.05) is 14.0 Å². The fraction of sp³-hybridized carbons (Fsp3) is 0.733. The quantitative estimate of drug-likeness (QED) is 0.794. The number of piperidine rings is 1. The second-order valence-corrected chi connectivity index (χ2v) is 5.65. The van der Waals surface area contributed by atoms with Crippen molar-refractivity contribution in [2.75, 3.05) is 6.61 Å². The minimum Gasteiger partial charge on any atom is -0.462 e. The standard InChI is InChI=1S/C15H25N3O2/c1-5-20-15(19)13-9-16-17(4)14(13)10-18-11(2)7-6-8-12(18)3/h9,11-12H,5-8,10H2,1-4H3/t11-,12+. The summed E-state index contributed by atoms with van der Waals surface area (Å²) >= 11 is 0. The zero-order valence-corrected chi connectivity index (χ0v) is 12.9. The molecule has 1 fully saturated rings. The number of ether oxygens (including phenoxy) is 1. The Morgan fingerprint density at radius 1 is 1.40 bits per heavy atom. The predicted octanol–water partition coefficient (Wildman–Crippen LogP) is 2.36. The van der Waals surface area contributed by atoms with E-state index in [1.165, 1.54) is 19.3 Å². The Morgan fingerprint density at radius 3 is 2.65 bits per heavy atom. The number of aryl methyl sites for hydroxylation is 1. The van der Waals surface area contributed by atoms with Gasteiger partial charge in [0, 0.05) is 25.7 Å². The summed E-state index contributed by atoms with van der Waals surface area (Å²) in [6, 6.07) is 1.09. The van der Waals surface area contributed by atoms with Crippen LogP contribution in [0.2, 0.25) is 0 Å². The highest BCUT2D eigenvalue weighted by Crippen LogP contribution is 2.25. The van der Waals surface area contributed by atoms with Crippen LogP contribution in [0.25, 0.3) is 0 Å². The second-order valence-electron chi connectivity index (χ2n) is 5.65. The minimum atomic E-state index is -0.270. The van der Waals surface area contributed by atoms with Gasteiger partial charge in [-0.1, -0.05) is 6.42 Å². The number of aromatic nitrogens is 2. The van der Waals surface area contributed by atoms with Gasteiger partial charge in [0.25, 0.3) is 0 Å². The van der Waals surface area contributed by atoms with Crippen LogP contribution in [-0.2, 0) is 18.3 Å². The lowest BCUT2D eigenvalue weighted by molar-refractivity contribution is 0.0517. The molecule has 0 aliphatic carbocycles. The van der Waals surface area contributed by atoms with Crippen LogP contribution in [0.5, 0.6) is 0 Å². The van der Waals surface area contributed by atoms with E-state index in [4.69, 9.17) is 4.74 Å². The summed E-state index contributed by atoms with van der Waals surface area (Å²) in [4.78, 5) is 14.5. The number of esters is 1. The Bertz CT molecular complexity index is 460. The topological polar surface area (TPSA) is 47.4 Å². The molecule has 1 aromatic rings. The maximum atomic E-state index is 12.0. The molecule has 1 saturated heterocycles. The Hall–Kier alpha value is -1.36. The van der Waals surface area contributed by atoms with Crippen molar-refractivity contribution in [3.05, 3.63) is 17.5 Å². The normalized spacial score (nSPS) is 23.8. The number of carbonyl (C=O) groups excluding carboxylic acids is 1. The van der Waals surface area contributed by atoms with Gasteiger partial charge in [0.2, 0.25) is 0 Å². The summed E-state index contributed by atoms with van der Waals surface area (Å²) in [6.07, 6.45) is 5.34. The van der Waals surface area contributed by atoms with Crippen molar-refractivity contribution in [1.29, 1.82) is 0 Å². The van der Waals surface area contributed by atoms with Gasteiger partial charge in [0.15, 0.2) is 0 Å². The largest absolute Gasteiger partial charge is 0.462 e. The van der Waals surface area contributed by atoms with E-state index >= 15 is 0 Å². The smallest absolute Gasteiger partial charge is 0.341 e. The Balaban J connectivity index is 2.19. The minimum absolute atomic E-state index is 0.270. The number of hydrogen-bond donors (Lipinski definition) is 0. The molecule has 0 radical (unpaired) electrons. The van der Waals surface area contributed by atoms with Crippen molar-refractivity contribution in [1.82, 2.24) is 14.7 Å². The van der Waals surface area contributed by atoms with Crippen molar-refractivity contribution >= 4 is 5.97 Å². The van der Waals surface area contributed by atoms with E-state index in [0.29, 0.717) is 24.3 Å². The van der Waals surface area contributed by atoms with Crippen molar-refractivity contribution in [3.8, 4) is 0 Å². The molecule has 0 amide bonds. The molecule has 0 unspecified atom stereocenters. The molecule has 0 N–H and O–H groups in total. The molecule has 1 aliphatic rings. The van der Waals surface area contributed by atoms with Crippen molar-refractivity contribution in [3.63, 3.8) is 0 Å². The van der Waals surface area contributed by atoms with Crippen LogP contribution in [-0.4, -0.2) is 39.3 Å². The van der Waals surface area contributed by atoms with Crippen LogP contribution in [0.1, 0.15) is 56.1 Å². The third kappa shape index (κ3) is 3.03. The van der Waals surface area contributed by atoms with E-state index in [2.05, 4.69) is 23.8 Å². The first-order valence-electron chi connectivity index (χ1n) is 7.48. The van der Waals surface area contributed by atoms with Crippen LogP contribution in [0.3, 0.4) is 0 Å². The number of hydrogen-bond acceptors (Lipinski definition) is 4. The van der Waals surface area contributed by atoms with E-state index in [9.17, 15) is 4.79 Å². The first kappa shape index (κ1) is 15.0.